The number of rotatable bonds is 9. The van der Waals surface area contributed by atoms with Crippen LogP contribution in [0.25, 0.3) is 0 Å². The lowest BCUT2D eigenvalue weighted by Gasteiger charge is -2.23. The number of aryl methyl sites for hydroxylation is 1. The van der Waals surface area contributed by atoms with E-state index < -0.39 is 12.1 Å². The van der Waals surface area contributed by atoms with Crippen LogP contribution in [0.15, 0.2) is 24.3 Å². The van der Waals surface area contributed by atoms with Gasteiger partial charge in [0.1, 0.15) is 4.88 Å². The van der Waals surface area contributed by atoms with Crippen LogP contribution in [0.3, 0.4) is 0 Å². The first-order valence-corrected chi connectivity index (χ1v) is 10.1. The Morgan fingerprint density at radius 2 is 2.26 bits per heavy atom. The number of hydrogen-bond acceptors (Lipinski definition) is 4. The summed E-state index contributed by atoms with van der Waals surface area (Å²) in [5.74, 6) is 5.12. The third kappa shape index (κ3) is 6.23. The third-order valence-corrected chi connectivity index (χ3v) is 5.92. The first kappa shape index (κ1) is 21.2. The fraction of sp³-hybridized carbons (Fsp3) is 0.524. The van der Waals surface area contributed by atoms with E-state index in [0.29, 0.717) is 24.3 Å². The number of aliphatic hydroxyl groups is 1. The number of amides is 1. The minimum atomic E-state index is -0.899. The number of hydrogen-bond donors (Lipinski definition) is 2. The first-order valence-electron chi connectivity index (χ1n) is 9.29. The van der Waals surface area contributed by atoms with Gasteiger partial charge in [0.15, 0.2) is 0 Å². The zero-order valence-electron chi connectivity index (χ0n) is 15.9. The summed E-state index contributed by atoms with van der Waals surface area (Å²) in [7, 11) is 0. The van der Waals surface area contributed by atoms with Gasteiger partial charge in [0.05, 0.1) is 12.1 Å². The standard InChI is InChI=1S/C21H27NO4S/c1-3-4-6-15(2)18(23)11-8-16-9-13-20(24)22(16)14-5-7-17-10-12-19(27-17)21(25)26/h8,10-12,15-16,18,23H,5-7,9,13-14H2,1-2H3,(H,25,26)/t15-,16?,18-/m1/s1. The first-order chi connectivity index (χ1) is 12.9. The Kier molecular flexibility index (Phi) is 8.08. The Morgan fingerprint density at radius 3 is 2.93 bits per heavy atom. The molecule has 2 N–H and O–H groups in total. The zero-order chi connectivity index (χ0) is 19.8. The summed E-state index contributed by atoms with van der Waals surface area (Å²) in [5, 5.41) is 19.2. The van der Waals surface area contributed by atoms with Crippen molar-refractivity contribution < 1.29 is 19.8 Å². The molecule has 1 fully saturated rings. The average Bonchev–Trinajstić information content (AvgIpc) is 3.25. The summed E-state index contributed by atoms with van der Waals surface area (Å²) in [6.07, 6.45) is 6.67. The molecule has 1 amide bonds. The van der Waals surface area contributed by atoms with Gasteiger partial charge in [-0.15, -0.1) is 23.2 Å². The van der Waals surface area contributed by atoms with Crippen LogP contribution in [0, 0.1) is 17.8 Å². The number of aliphatic hydroxyl groups excluding tert-OH is 1. The van der Waals surface area contributed by atoms with Crippen molar-refractivity contribution in [1.29, 1.82) is 0 Å². The van der Waals surface area contributed by atoms with Crippen LogP contribution >= 0.6 is 11.3 Å². The van der Waals surface area contributed by atoms with Crippen molar-refractivity contribution in [3.8, 4) is 11.8 Å². The average molecular weight is 390 g/mol. The molecule has 3 atom stereocenters. The SMILES string of the molecule is CC#CC[C@@H](C)[C@H](O)C=CC1CCC(=O)N1CCCc1ccc(C(=O)O)s1. The van der Waals surface area contributed by atoms with Gasteiger partial charge >= 0.3 is 5.97 Å². The zero-order valence-corrected chi connectivity index (χ0v) is 16.7. The lowest BCUT2D eigenvalue weighted by Crippen LogP contribution is -2.33. The second-order valence-electron chi connectivity index (χ2n) is 6.85. The smallest absolute Gasteiger partial charge is 0.345 e. The number of nitrogens with zero attached hydrogens (tertiary/aromatic N) is 1. The molecular weight excluding hydrogens is 362 g/mol. The van der Waals surface area contributed by atoms with Crippen LogP contribution in [0.1, 0.15) is 54.1 Å². The summed E-state index contributed by atoms with van der Waals surface area (Å²) in [6.45, 7) is 4.39. The van der Waals surface area contributed by atoms with Crippen LogP contribution in [-0.2, 0) is 11.2 Å². The fourth-order valence-corrected chi connectivity index (χ4v) is 4.00. The van der Waals surface area contributed by atoms with E-state index in [0.717, 1.165) is 24.1 Å². The van der Waals surface area contributed by atoms with Gasteiger partial charge in [0, 0.05) is 24.3 Å². The molecule has 6 heteroatoms. The van der Waals surface area contributed by atoms with E-state index >= 15 is 0 Å². The van der Waals surface area contributed by atoms with Crippen LogP contribution in [0.2, 0.25) is 0 Å². The van der Waals surface area contributed by atoms with Crippen molar-refractivity contribution in [2.24, 2.45) is 5.92 Å². The van der Waals surface area contributed by atoms with Gasteiger partial charge in [-0.1, -0.05) is 19.1 Å². The quantitative estimate of drug-likeness (QED) is 0.502. The number of aromatic carboxylic acids is 1. The lowest BCUT2D eigenvalue weighted by molar-refractivity contribution is -0.128. The Morgan fingerprint density at radius 1 is 1.48 bits per heavy atom. The molecule has 0 bridgehead atoms. The highest BCUT2D eigenvalue weighted by Gasteiger charge is 2.28. The van der Waals surface area contributed by atoms with Crippen LogP contribution in [-0.4, -0.2) is 45.7 Å². The van der Waals surface area contributed by atoms with E-state index in [-0.39, 0.29) is 17.9 Å². The van der Waals surface area contributed by atoms with Crippen molar-refractivity contribution >= 4 is 23.2 Å². The van der Waals surface area contributed by atoms with E-state index in [9.17, 15) is 14.7 Å². The molecule has 5 nitrogen and oxygen atoms in total. The van der Waals surface area contributed by atoms with Crippen LogP contribution in [0.4, 0.5) is 0 Å². The molecule has 0 aromatic carbocycles. The van der Waals surface area contributed by atoms with Gasteiger partial charge in [-0.25, -0.2) is 4.79 Å². The largest absolute Gasteiger partial charge is 0.477 e. The molecule has 0 saturated carbocycles. The molecule has 1 aromatic heterocycles. The van der Waals surface area contributed by atoms with Gasteiger partial charge in [-0.05, 0) is 44.2 Å². The van der Waals surface area contributed by atoms with Gasteiger partial charge in [-0.2, -0.15) is 0 Å². The second kappa shape index (κ2) is 10.3. The van der Waals surface area contributed by atoms with E-state index in [2.05, 4.69) is 11.8 Å². The predicted molar refractivity (Wildman–Crippen MR) is 107 cm³/mol. The fourth-order valence-electron chi connectivity index (χ4n) is 3.11. The van der Waals surface area contributed by atoms with Gasteiger partial charge < -0.3 is 15.1 Å². The summed E-state index contributed by atoms with van der Waals surface area (Å²) in [4.78, 5) is 26.3. The molecule has 27 heavy (non-hydrogen) atoms. The Labute approximate surface area is 164 Å². The molecule has 146 valence electrons. The van der Waals surface area contributed by atoms with Crippen molar-refractivity contribution in [3.63, 3.8) is 0 Å². The predicted octanol–water partition coefficient (Wildman–Crippen LogP) is 3.34. The monoisotopic (exact) mass is 389 g/mol. The topological polar surface area (TPSA) is 77.8 Å². The second-order valence-corrected chi connectivity index (χ2v) is 8.02. The Balaban J connectivity index is 1.86. The maximum atomic E-state index is 12.2. The molecule has 0 spiro atoms. The maximum Gasteiger partial charge on any atom is 0.345 e. The maximum absolute atomic E-state index is 12.2. The molecule has 2 rings (SSSR count). The van der Waals surface area contributed by atoms with E-state index in [1.807, 2.05) is 24.0 Å². The Hall–Kier alpha value is -2.10. The van der Waals surface area contributed by atoms with Gasteiger partial charge in [0.25, 0.3) is 0 Å². The number of carbonyl (C=O) groups is 2. The molecule has 1 unspecified atom stereocenters. The highest BCUT2D eigenvalue weighted by Crippen LogP contribution is 2.23. The number of carbonyl (C=O) groups excluding carboxylic acids is 1. The lowest BCUT2D eigenvalue weighted by atomic mass is 10.00. The molecule has 0 radical (unpaired) electrons. The number of likely N-dealkylation sites (tertiary alicyclic amines) is 1. The van der Waals surface area contributed by atoms with Crippen LogP contribution < -0.4 is 0 Å². The summed E-state index contributed by atoms with van der Waals surface area (Å²) in [6, 6.07) is 3.49. The van der Waals surface area contributed by atoms with Gasteiger partial charge in [0.2, 0.25) is 5.91 Å². The number of thiophene rings is 1. The van der Waals surface area contributed by atoms with Crippen molar-refractivity contribution in [2.45, 2.75) is 58.1 Å². The number of carboxylic acids is 1. The highest BCUT2D eigenvalue weighted by molar-refractivity contribution is 7.13. The van der Waals surface area contributed by atoms with Crippen molar-refractivity contribution in [1.82, 2.24) is 4.90 Å². The third-order valence-electron chi connectivity index (χ3n) is 4.78. The summed E-state index contributed by atoms with van der Waals surface area (Å²) in [5.41, 5.74) is 0. The molecule has 1 aromatic rings. The minimum Gasteiger partial charge on any atom is -0.477 e. The molecule has 1 aliphatic heterocycles. The molecule has 1 saturated heterocycles. The minimum absolute atomic E-state index is 0.0227. The molecule has 1 aliphatic rings. The van der Waals surface area contributed by atoms with Crippen molar-refractivity contribution in [3.05, 3.63) is 34.0 Å². The van der Waals surface area contributed by atoms with E-state index in [1.165, 1.54) is 11.3 Å². The van der Waals surface area contributed by atoms with Crippen molar-refractivity contribution in [2.75, 3.05) is 6.54 Å². The molecule has 0 aliphatic carbocycles. The molecule has 2 heterocycles. The van der Waals surface area contributed by atoms with E-state index in [4.69, 9.17) is 5.11 Å². The number of carboxylic acid groups (broad SMARTS) is 1. The highest BCUT2D eigenvalue weighted by atomic mass is 32.1. The normalized spacial score (nSPS) is 19.1. The summed E-state index contributed by atoms with van der Waals surface area (Å²) >= 11 is 1.29. The van der Waals surface area contributed by atoms with E-state index in [1.54, 1.807) is 19.1 Å². The summed E-state index contributed by atoms with van der Waals surface area (Å²) < 4.78 is 0. The molecular formula is C21H27NO4S. The van der Waals surface area contributed by atoms with Crippen LogP contribution in [0.5, 0.6) is 0 Å². The van der Waals surface area contributed by atoms with Gasteiger partial charge in [-0.3, -0.25) is 4.79 Å². The Bertz CT molecular complexity index is 743.